The third-order valence-electron chi connectivity index (χ3n) is 4.92. The summed E-state index contributed by atoms with van der Waals surface area (Å²) in [5.74, 6) is -0.0347. The van der Waals surface area contributed by atoms with E-state index in [-0.39, 0.29) is 29.5 Å². The average molecular weight is 498 g/mol. The van der Waals surface area contributed by atoms with Crippen LogP contribution >= 0.6 is 0 Å². The summed E-state index contributed by atoms with van der Waals surface area (Å²) in [6.07, 6.45) is 0. The average Bonchev–Trinajstić information content (AvgIpc) is 2.76. The van der Waals surface area contributed by atoms with Gasteiger partial charge >= 0.3 is 0 Å². The fourth-order valence-corrected chi connectivity index (χ4v) is 5.61. The first kappa shape index (κ1) is 26.8. The normalized spacial score (nSPS) is 12.0. The molecular weight excluding hydrogens is 466 g/mol. The number of carbonyl (C=O) groups is 1. The first-order valence-electron chi connectivity index (χ1n) is 10.6. The van der Waals surface area contributed by atoms with Crippen molar-refractivity contribution in [2.45, 2.75) is 37.5 Å². The lowest BCUT2D eigenvalue weighted by molar-refractivity contribution is -0.123. The van der Waals surface area contributed by atoms with Crippen LogP contribution in [0.1, 0.15) is 25.0 Å². The van der Waals surface area contributed by atoms with Crippen molar-refractivity contribution in [3.8, 4) is 5.75 Å². The van der Waals surface area contributed by atoms with Gasteiger partial charge in [-0.05, 0) is 49.7 Å². The Hall–Kier alpha value is -2.47. The number of amides is 1. The van der Waals surface area contributed by atoms with E-state index < -0.39 is 26.0 Å². The van der Waals surface area contributed by atoms with Crippen molar-refractivity contribution in [1.82, 2.24) is 14.3 Å². The summed E-state index contributed by atoms with van der Waals surface area (Å²) in [5, 5.41) is 2.58. The number of carbonyl (C=O) groups excluding carboxylic acids is 1. The zero-order valence-electron chi connectivity index (χ0n) is 19.3. The number of rotatable bonds is 12. The van der Waals surface area contributed by atoms with Crippen LogP contribution in [-0.2, 0) is 24.8 Å². The second-order valence-electron chi connectivity index (χ2n) is 7.37. The van der Waals surface area contributed by atoms with Gasteiger partial charge in [0.2, 0.25) is 20.0 Å². The molecule has 9 nitrogen and oxygen atoms in total. The third-order valence-corrected chi connectivity index (χ3v) is 8.44. The van der Waals surface area contributed by atoms with Crippen molar-refractivity contribution in [2.75, 3.05) is 32.8 Å². The number of benzene rings is 2. The lowest BCUT2D eigenvalue weighted by Crippen LogP contribution is -2.36. The maximum atomic E-state index is 12.6. The minimum Gasteiger partial charge on any atom is -0.484 e. The lowest BCUT2D eigenvalue weighted by atomic mass is 10.2. The highest BCUT2D eigenvalue weighted by Gasteiger charge is 2.22. The number of nitrogens with one attached hydrogen (secondary N) is 2. The van der Waals surface area contributed by atoms with E-state index >= 15 is 0 Å². The lowest BCUT2D eigenvalue weighted by Gasteiger charge is -2.19. The third kappa shape index (κ3) is 7.26. The Morgan fingerprint density at radius 1 is 0.909 bits per heavy atom. The molecule has 0 unspecified atom stereocenters. The fourth-order valence-electron chi connectivity index (χ4n) is 3.04. The van der Waals surface area contributed by atoms with Crippen molar-refractivity contribution in [1.29, 1.82) is 0 Å². The first-order valence-corrected chi connectivity index (χ1v) is 13.5. The molecule has 2 N–H and O–H groups in total. The van der Waals surface area contributed by atoms with Gasteiger partial charge in [0.1, 0.15) is 5.75 Å². The van der Waals surface area contributed by atoms with Gasteiger partial charge in [-0.25, -0.2) is 21.6 Å². The van der Waals surface area contributed by atoms with Crippen molar-refractivity contribution in [3.05, 3.63) is 53.6 Å². The van der Waals surface area contributed by atoms with Crippen LogP contribution in [0.2, 0.25) is 0 Å². The quantitative estimate of drug-likeness (QED) is 0.431. The molecule has 2 rings (SSSR count). The van der Waals surface area contributed by atoms with Gasteiger partial charge in [0.15, 0.2) is 6.61 Å². The molecule has 0 atom stereocenters. The van der Waals surface area contributed by atoms with E-state index in [0.29, 0.717) is 24.4 Å². The van der Waals surface area contributed by atoms with Crippen LogP contribution < -0.4 is 14.8 Å². The molecule has 0 bridgehead atoms. The molecule has 0 aliphatic carbocycles. The van der Waals surface area contributed by atoms with Crippen LogP contribution in [0.4, 0.5) is 0 Å². The van der Waals surface area contributed by atoms with Crippen molar-refractivity contribution in [3.63, 3.8) is 0 Å². The molecule has 2 aromatic carbocycles. The summed E-state index contributed by atoms with van der Waals surface area (Å²) in [5.41, 5.74) is 1.54. The Bertz CT molecular complexity index is 1160. The first-order chi connectivity index (χ1) is 15.5. The molecule has 2 aromatic rings. The maximum Gasteiger partial charge on any atom is 0.257 e. The molecule has 0 saturated carbocycles. The largest absolute Gasteiger partial charge is 0.484 e. The van der Waals surface area contributed by atoms with E-state index in [4.69, 9.17) is 4.74 Å². The van der Waals surface area contributed by atoms with E-state index in [0.717, 1.165) is 5.56 Å². The minimum atomic E-state index is -3.65. The van der Waals surface area contributed by atoms with Gasteiger partial charge in [0.25, 0.3) is 5.91 Å². The van der Waals surface area contributed by atoms with Gasteiger partial charge in [-0.2, -0.15) is 4.31 Å². The van der Waals surface area contributed by atoms with E-state index in [9.17, 15) is 21.6 Å². The van der Waals surface area contributed by atoms with Gasteiger partial charge in [-0.3, -0.25) is 4.79 Å². The molecule has 0 saturated heterocycles. The van der Waals surface area contributed by atoms with E-state index in [1.54, 1.807) is 32.9 Å². The zero-order chi connectivity index (χ0) is 24.6. The van der Waals surface area contributed by atoms with E-state index in [2.05, 4.69) is 10.0 Å². The van der Waals surface area contributed by atoms with Crippen molar-refractivity contribution in [2.24, 2.45) is 0 Å². The summed E-state index contributed by atoms with van der Waals surface area (Å²) >= 11 is 0. The van der Waals surface area contributed by atoms with Crippen LogP contribution in [0, 0.1) is 13.8 Å². The molecule has 0 aromatic heterocycles. The summed E-state index contributed by atoms with van der Waals surface area (Å²) in [4.78, 5) is 12.4. The fraction of sp³-hybridized carbons (Fsp3) is 0.409. The Labute approximate surface area is 196 Å². The van der Waals surface area contributed by atoms with Crippen LogP contribution in [0.5, 0.6) is 5.75 Å². The monoisotopic (exact) mass is 497 g/mol. The molecule has 33 heavy (non-hydrogen) atoms. The zero-order valence-corrected chi connectivity index (χ0v) is 20.9. The Kier molecular flexibility index (Phi) is 9.41. The van der Waals surface area contributed by atoms with Gasteiger partial charge in [-0.15, -0.1) is 0 Å². The highest BCUT2D eigenvalue weighted by atomic mass is 32.2. The topological polar surface area (TPSA) is 122 Å². The van der Waals surface area contributed by atoms with Crippen LogP contribution in [0.15, 0.2) is 52.3 Å². The summed E-state index contributed by atoms with van der Waals surface area (Å²) in [6, 6.07) is 10.9. The van der Waals surface area contributed by atoms with Crippen LogP contribution in [0.25, 0.3) is 0 Å². The Morgan fingerprint density at radius 2 is 1.52 bits per heavy atom. The molecule has 0 aliphatic heterocycles. The molecule has 11 heteroatoms. The number of hydrogen-bond donors (Lipinski definition) is 2. The minimum absolute atomic E-state index is 0.0267. The van der Waals surface area contributed by atoms with Crippen LogP contribution in [0.3, 0.4) is 0 Å². The molecule has 0 radical (unpaired) electrons. The standard InChI is InChI=1S/C22H31N3O6S2/c1-5-25(6-2)33(29,30)20-11-12-21(18(4)15-20)31-16-22(26)23-13-14-24-32(27,28)19-9-7-17(3)8-10-19/h7-12,15,24H,5-6,13-14,16H2,1-4H3,(H,23,26). The Morgan fingerprint density at radius 3 is 2.09 bits per heavy atom. The highest BCUT2D eigenvalue weighted by molar-refractivity contribution is 7.89. The number of hydrogen-bond acceptors (Lipinski definition) is 6. The van der Waals surface area contributed by atoms with E-state index in [1.807, 2.05) is 6.92 Å². The predicted molar refractivity (Wildman–Crippen MR) is 126 cm³/mol. The van der Waals surface area contributed by atoms with Gasteiger partial charge in [0, 0.05) is 26.2 Å². The number of ether oxygens (including phenoxy) is 1. The van der Waals surface area contributed by atoms with E-state index in [1.165, 1.54) is 34.6 Å². The molecule has 182 valence electrons. The molecule has 0 fully saturated rings. The molecule has 0 heterocycles. The highest BCUT2D eigenvalue weighted by Crippen LogP contribution is 2.24. The van der Waals surface area contributed by atoms with Crippen molar-refractivity contribution >= 4 is 26.0 Å². The molecule has 1 amide bonds. The second kappa shape index (κ2) is 11.6. The summed E-state index contributed by atoms with van der Waals surface area (Å²) in [6.45, 7) is 7.70. The number of aryl methyl sites for hydroxylation is 2. The molecule has 0 aliphatic rings. The summed E-state index contributed by atoms with van der Waals surface area (Å²) < 4.78 is 59.0. The second-order valence-corrected chi connectivity index (χ2v) is 11.1. The maximum absolute atomic E-state index is 12.6. The van der Waals surface area contributed by atoms with Gasteiger partial charge in [-0.1, -0.05) is 31.5 Å². The van der Waals surface area contributed by atoms with Crippen LogP contribution in [-0.4, -0.2) is 59.8 Å². The van der Waals surface area contributed by atoms with Crippen molar-refractivity contribution < 1.29 is 26.4 Å². The summed E-state index contributed by atoms with van der Waals surface area (Å²) in [7, 11) is -7.23. The van der Waals surface area contributed by atoms with Gasteiger partial charge < -0.3 is 10.1 Å². The molecular formula is C22H31N3O6S2. The smallest absolute Gasteiger partial charge is 0.257 e. The number of nitrogens with zero attached hydrogens (tertiary/aromatic N) is 1. The Balaban J connectivity index is 1.84. The predicted octanol–water partition coefficient (Wildman–Crippen LogP) is 1.81. The van der Waals surface area contributed by atoms with Gasteiger partial charge in [0.05, 0.1) is 9.79 Å². The molecule has 0 spiro atoms. The SMILES string of the molecule is CCN(CC)S(=O)(=O)c1ccc(OCC(=O)NCCNS(=O)(=O)c2ccc(C)cc2)c(C)c1. The number of sulfonamides is 2.